The maximum absolute atomic E-state index is 13.7. The van der Waals surface area contributed by atoms with Crippen LogP contribution in [-0.2, 0) is 26.2 Å². The standard InChI is InChI=1S/C25H27Cl2N3O4S/c1-4-22(25(32)28-2)29(15-17-12-13-20(26)21(27)14-17)24(31)16-30(35(3,33)34)23-11-7-9-18-8-5-6-10-19(18)23/h5-14,22H,4,15-16H2,1-3H3,(H,28,32)/t22-/m0/s1. The molecule has 3 aromatic carbocycles. The topological polar surface area (TPSA) is 86.8 Å². The molecule has 0 bridgehead atoms. The number of anilines is 1. The molecular weight excluding hydrogens is 509 g/mol. The van der Waals surface area contributed by atoms with Gasteiger partial charge in [-0.2, -0.15) is 0 Å². The fourth-order valence-corrected chi connectivity index (χ4v) is 5.12. The molecule has 2 amide bonds. The van der Waals surface area contributed by atoms with Crippen molar-refractivity contribution in [2.75, 3.05) is 24.2 Å². The second-order valence-electron chi connectivity index (χ2n) is 8.08. The van der Waals surface area contributed by atoms with Crippen LogP contribution in [0.3, 0.4) is 0 Å². The van der Waals surface area contributed by atoms with E-state index in [4.69, 9.17) is 23.2 Å². The number of halogens is 2. The van der Waals surface area contributed by atoms with Crippen molar-refractivity contribution in [3.8, 4) is 0 Å². The number of hydrogen-bond donors (Lipinski definition) is 1. The minimum Gasteiger partial charge on any atom is -0.357 e. The quantitative estimate of drug-likeness (QED) is 0.438. The van der Waals surface area contributed by atoms with Crippen LogP contribution < -0.4 is 9.62 Å². The van der Waals surface area contributed by atoms with Gasteiger partial charge >= 0.3 is 0 Å². The number of hydrogen-bond acceptors (Lipinski definition) is 4. The van der Waals surface area contributed by atoms with E-state index < -0.39 is 28.5 Å². The average Bonchev–Trinajstić information content (AvgIpc) is 2.83. The highest BCUT2D eigenvalue weighted by atomic mass is 35.5. The summed E-state index contributed by atoms with van der Waals surface area (Å²) in [7, 11) is -2.34. The molecule has 35 heavy (non-hydrogen) atoms. The van der Waals surface area contributed by atoms with Crippen LogP contribution in [0.25, 0.3) is 10.8 Å². The Kier molecular flexibility index (Phi) is 8.64. The molecule has 0 aromatic heterocycles. The van der Waals surface area contributed by atoms with Gasteiger partial charge in [0.15, 0.2) is 0 Å². The molecule has 0 saturated carbocycles. The average molecular weight is 536 g/mol. The van der Waals surface area contributed by atoms with E-state index in [9.17, 15) is 18.0 Å². The molecular formula is C25H27Cl2N3O4S. The Morgan fingerprint density at radius 2 is 1.69 bits per heavy atom. The molecule has 3 aromatic rings. The van der Waals surface area contributed by atoms with Crippen molar-refractivity contribution in [3.05, 3.63) is 76.3 Å². The molecule has 1 N–H and O–H groups in total. The second-order valence-corrected chi connectivity index (χ2v) is 10.8. The monoisotopic (exact) mass is 535 g/mol. The second kappa shape index (κ2) is 11.3. The fourth-order valence-electron chi connectivity index (χ4n) is 3.94. The lowest BCUT2D eigenvalue weighted by Crippen LogP contribution is -2.51. The van der Waals surface area contributed by atoms with E-state index in [1.54, 1.807) is 43.3 Å². The van der Waals surface area contributed by atoms with Crippen LogP contribution >= 0.6 is 23.2 Å². The third-order valence-electron chi connectivity index (χ3n) is 5.68. The first-order valence-corrected chi connectivity index (χ1v) is 13.6. The van der Waals surface area contributed by atoms with Crippen LogP contribution in [0.5, 0.6) is 0 Å². The normalized spacial score (nSPS) is 12.3. The van der Waals surface area contributed by atoms with Crippen LogP contribution in [0.4, 0.5) is 5.69 Å². The SMILES string of the molecule is CC[C@@H](C(=O)NC)N(Cc1ccc(Cl)c(Cl)c1)C(=O)CN(c1cccc2ccccc12)S(C)(=O)=O. The van der Waals surface area contributed by atoms with E-state index >= 15 is 0 Å². The summed E-state index contributed by atoms with van der Waals surface area (Å²) >= 11 is 12.2. The molecule has 3 rings (SSSR count). The summed E-state index contributed by atoms with van der Waals surface area (Å²) in [5.74, 6) is -0.873. The van der Waals surface area contributed by atoms with Crippen LogP contribution in [-0.4, -0.2) is 51.0 Å². The number of carbonyl (C=O) groups excluding carboxylic acids is 2. The van der Waals surface area contributed by atoms with Gasteiger partial charge in [-0.25, -0.2) is 8.42 Å². The number of nitrogens with one attached hydrogen (secondary N) is 1. The Bertz CT molecular complexity index is 1340. The van der Waals surface area contributed by atoms with Crippen molar-refractivity contribution in [3.63, 3.8) is 0 Å². The summed E-state index contributed by atoms with van der Waals surface area (Å²) in [5.41, 5.74) is 1.05. The first kappa shape index (κ1) is 26.8. The summed E-state index contributed by atoms with van der Waals surface area (Å²) in [6.07, 6.45) is 1.39. The highest BCUT2D eigenvalue weighted by Gasteiger charge is 2.31. The van der Waals surface area contributed by atoms with Gasteiger partial charge in [-0.3, -0.25) is 13.9 Å². The summed E-state index contributed by atoms with van der Waals surface area (Å²) in [4.78, 5) is 27.7. The lowest BCUT2D eigenvalue weighted by molar-refractivity contribution is -0.140. The van der Waals surface area contributed by atoms with E-state index in [1.165, 1.54) is 11.9 Å². The minimum absolute atomic E-state index is 0.0504. The molecule has 0 unspecified atom stereocenters. The van der Waals surface area contributed by atoms with Crippen LogP contribution in [0.2, 0.25) is 10.0 Å². The van der Waals surface area contributed by atoms with E-state index in [0.717, 1.165) is 15.9 Å². The predicted octanol–water partition coefficient (Wildman–Crippen LogP) is 4.47. The number of likely N-dealkylation sites (N-methyl/N-ethyl adjacent to an activating group) is 1. The van der Waals surface area contributed by atoms with Crippen molar-refractivity contribution >= 4 is 61.5 Å². The van der Waals surface area contributed by atoms with E-state index in [-0.39, 0.29) is 12.5 Å². The van der Waals surface area contributed by atoms with Gasteiger partial charge in [0.25, 0.3) is 0 Å². The maximum atomic E-state index is 13.7. The first-order chi connectivity index (χ1) is 16.6. The van der Waals surface area contributed by atoms with Crippen molar-refractivity contribution in [2.45, 2.75) is 25.9 Å². The van der Waals surface area contributed by atoms with Crippen molar-refractivity contribution in [1.29, 1.82) is 0 Å². The highest BCUT2D eigenvalue weighted by molar-refractivity contribution is 7.92. The molecule has 0 aliphatic carbocycles. The summed E-state index contributed by atoms with van der Waals surface area (Å²) in [6.45, 7) is 1.37. The van der Waals surface area contributed by atoms with E-state index in [0.29, 0.717) is 33.1 Å². The van der Waals surface area contributed by atoms with Gasteiger partial charge < -0.3 is 10.2 Å². The lowest BCUT2D eigenvalue weighted by Gasteiger charge is -2.33. The zero-order valence-electron chi connectivity index (χ0n) is 19.7. The fraction of sp³-hybridized carbons (Fsp3) is 0.280. The zero-order valence-corrected chi connectivity index (χ0v) is 22.0. The predicted molar refractivity (Wildman–Crippen MR) is 141 cm³/mol. The molecule has 0 spiro atoms. The number of benzene rings is 3. The van der Waals surface area contributed by atoms with Gasteiger partial charge in [-0.1, -0.05) is 72.6 Å². The summed E-state index contributed by atoms with van der Waals surface area (Å²) in [6, 6.07) is 16.8. The van der Waals surface area contributed by atoms with Gasteiger partial charge in [0.2, 0.25) is 21.8 Å². The number of carbonyl (C=O) groups is 2. The minimum atomic E-state index is -3.83. The molecule has 0 fully saturated rings. The van der Waals surface area contributed by atoms with E-state index in [1.807, 2.05) is 24.3 Å². The third kappa shape index (κ3) is 6.25. The Morgan fingerprint density at radius 3 is 2.31 bits per heavy atom. The van der Waals surface area contributed by atoms with Gasteiger partial charge in [-0.15, -0.1) is 0 Å². The molecule has 0 radical (unpaired) electrons. The Hall–Kier alpha value is -2.81. The van der Waals surface area contributed by atoms with Crippen LogP contribution in [0, 0.1) is 0 Å². The van der Waals surface area contributed by atoms with Gasteiger partial charge in [0.05, 0.1) is 22.0 Å². The molecule has 0 saturated heterocycles. The number of nitrogens with zero attached hydrogens (tertiary/aromatic N) is 2. The van der Waals surface area contributed by atoms with Gasteiger partial charge in [0.1, 0.15) is 12.6 Å². The van der Waals surface area contributed by atoms with Gasteiger partial charge in [0, 0.05) is 19.0 Å². The number of rotatable bonds is 9. The Balaban J connectivity index is 2.04. The zero-order chi connectivity index (χ0) is 25.8. The smallest absolute Gasteiger partial charge is 0.244 e. The maximum Gasteiger partial charge on any atom is 0.244 e. The highest BCUT2D eigenvalue weighted by Crippen LogP contribution is 2.29. The molecule has 186 valence electrons. The van der Waals surface area contributed by atoms with E-state index in [2.05, 4.69) is 5.32 Å². The molecule has 7 nitrogen and oxygen atoms in total. The molecule has 0 aliphatic rings. The van der Waals surface area contributed by atoms with Crippen LogP contribution in [0.1, 0.15) is 18.9 Å². The number of amides is 2. The largest absolute Gasteiger partial charge is 0.357 e. The summed E-state index contributed by atoms with van der Waals surface area (Å²) in [5, 5.41) is 4.81. The Labute approximate surface area is 215 Å². The van der Waals surface area contributed by atoms with Crippen molar-refractivity contribution in [1.82, 2.24) is 10.2 Å². The number of sulfonamides is 1. The third-order valence-corrected chi connectivity index (χ3v) is 7.55. The first-order valence-electron chi connectivity index (χ1n) is 11.0. The van der Waals surface area contributed by atoms with Crippen molar-refractivity contribution < 1.29 is 18.0 Å². The van der Waals surface area contributed by atoms with Gasteiger partial charge in [-0.05, 0) is 35.6 Å². The summed E-state index contributed by atoms with van der Waals surface area (Å²) < 4.78 is 26.8. The molecule has 0 aliphatic heterocycles. The lowest BCUT2D eigenvalue weighted by atomic mass is 10.1. The molecule has 10 heteroatoms. The Morgan fingerprint density at radius 1 is 1.00 bits per heavy atom. The molecule has 0 heterocycles. The number of fused-ring (bicyclic) bond motifs is 1. The van der Waals surface area contributed by atoms with Crippen molar-refractivity contribution in [2.24, 2.45) is 0 Å². The molecule has 1 atom stereocenters. The van der Waals surface area contributed by atoms with Crippen LogP contribution in [0.15, 0.2) is 60.7 Å².